The van der Waals surface area contributed by atoms with Gasteiger partial charge in [-0.1, -0.05) is 6.07 Å². The van der Waals surface area contributed by atoms with E-state index >= 15 is 0 Å². The number of nitrogens with one attached hydrogen (secondary N) is 2. The maximum absolute atomic E-state index is 12.8. The van der Waals surface area contributed by atoms with E-state index < -0.39 is 0 Å². The third-order valence-electron chi connectivity index (χ3n) is 4.22. The molecule has 30 heavy (non-hydrogen) atoms. The Kier molecular flexibility index (Phi) is 8.73. The smallest absolute Gasteiger partial charge is 0.243 e. The van der Waals surface area contributed by atoms with E-state index in [0.717, 1.165) is 4.90 Å². The van der Waals surface area contributed by atoms with E-state index in [1.165, 1.54) is 23.6 Å². The van der Waals surface area contributed by atoms with Gasteiger partial charge in [0.2, 0.25) is 17.7 Å². The first kappa shape index (κ1) is 23.3. The average molecular weight is 430 g/mol. The fourth-order valence-electron chi connectivity index (χ4n) is 2.75. The van der Waals surface area contributed by atoms with Gasteiger partial charge in [0.1, 0.15) is 5.75 Å². The summed E-state index contributed by atoms with van der Waals surface area (Å²) in [6.07, 6.45) is 0. The zero-order chi connectivity index (χ0) is 22.1. The Labute approximate surface area is 181 Å². The highest BCUT2D eigenvalue weighted by Gasteiger charge is 2.22. The standard InChI is InChI=1S/C22H27N3O4S/c1-5-25(14-21(27)24-18-7-6-8-19(13-18)29-4)22(28)15(2)30-20-11-9-17(10-12-20)23-16(3)26/h6-13,15H,5,14H2,1-4H3,(H,23,26)(H,24,27). The maximum atomic E-state index is 12.8. The lowest BCUT2D eigenvalue weighted by Crippen LogP contribution is -2.41. The lowest BCUT2D eigenvalue weighted by Gasteiger charge is -2.24. The molecule has 3 amide bonds. The van der Waals surface area contributed by atoms with Crippen molar-refractivity contribution < 1.29 is 19.1 Å². The van der Waals surface area contributed by atoms with Gasteiger partial charge in [-0.15, -0.1) is 11.8 Å². The molecular formula is C22H27N3O4S. The number of rotatable bonds is 9. The number of methoxy groups -OCH3 is 1. The normalized spacial score (nSPS) is 11.3. The lowest BCUT2D eigenvalue weighted by molar-refractivity contribution is -0.133. The molecule has 0 heterocycles. The van der Waals surface area contributed by atoms with E-state index in [4.69, 9.17) is 4.74 Å². The Morgan fingerprint density at radius 3 is 2.37 bits per heavy atom. The molecule has 160 valence electrons. The highest BCUT2D eigenvalue weighted by Crippen LogP contribution is 2.26. The van der Waals surface area contributed by atoms with Crippen molar-refractivity contribution in [2.45, 2.75) is 30.9 Å². The van der Waals surface area contributed by atoms with Crippen molar-refractivity contribution in [1.29, 1.82) is 0 Å². The minimum absolute atomic E-state index is 0.0289. The number of carbonyl (C=O) groups is 3. The Hall–Kier alpha value is -3.00. The number of thioether (sulfide) groups is 1. The molecule has 0 spiro atoms. The minimum atomic E-state index is -0.360. The zero-order valence-corrected chi connectivity index (χ0v) is 18.4. The van der Waals surface area contributed by atoms with Crippen molar-refractivity contribution in [3.8, 4) is 5.75 Å². The Morgan fingerprint density at radius 2 is 1.77 bits per heavy atom. The Balaban J connectivity index is 1.93. The van der Waals surface area contributed by atoms with Crippen molar-refractivity contribution in [2.24, 2.45) is 0 Å². The van der Waals surface area contributed by atoms with E-state index in [1.807, 2.05) is 26.0 Å². The van der Waals surface area contributed by atoms with E-state index in [9.17, 15) is 14.4 Å². The molecule has 0 saturated heterocycles. The number of ether oxygens (including phenoxy) is 1. The maximum Gasteiger partial charge on any atom is 0.243 e. The van der Waals surface area contributed by atoms with Gasteiger partial charge in [0.05, 0.1) is 18.9 Å². The molecule has 0 aliphatic carbocycles. The molecule has 2 N–H and O–H groups in total. The number of hydrogen-bond acceptors (Lipinski definition) is 5. The number of hydrogen-bond donors (Lipinski definition) is 2. The summed E-state index contributed by atoms with van der Waals surface area (Å²) in [5.74, 6) is 0.125. The second-order valence-electron chi connectivity index (χ2n) is 6.60. The summed E-state index contributed by atoms with van der Waals surface area (Å²) in [6.45, 7) is 5.51. The Bertz CT molecular complexity index is 886. The van der Waals surface area contributed by atoms with E-state index in [1.54, 1.807) is 43.5 Å². The van der Waals surface area contributed by atoms with Crippen LogP contribution in [0.4, 0.5) is 11.4 Å². The highest BCUT2D eigenvalue weighted by atomic mass is 32.2. The summed E-state index contributed by atoms with van der Waals surface area (Å²) >= 11 is 1.41. The van der Waals surface area contributed by atoms with Crippen LogP contribution in [-0.2, 0) is 14.4 Å². The van der Waals surface area contributed by atoms with Gasteiger partial charge < -0.3 is 20.3 Å². The minimum Gasteiger partial charge on any atom is -0.497 e. The second-order valence-corrected chi connectivity index (χ2v) is 8.01. The molecule has 8 heteroatoms. The number of nitrogens with zero attached hydrogens (tertiary/aromatic N) is 1. The van der Waals surface area contributed by atoms with Crippen LogP contribution in [0.25, 0.3) is 0 Å². The van der Waals surface area contributed by atoms with Crippen LogP contribution >= 0.6 is 11.8 Å². The third kappa shape index (κ3) is 7.11. The molecule has 0 bridgehead atoms. The summed E-state index contributed by atoms with van der Waals surface area (Å²) in [4.78, 5) is 38.8. The predicted molar refractivity (Wildman–Crippen MR) is 120 cm³/mol. The van der Waals surface area contributed by atoms with Crippen molar-refractivity contribution in [3.05, 3.63) is 48.5 Å². The van der Waals surface area contributed by atoms with Crippen LogP contribution in [0.3, 0.4) is 0 Å². The topological polar surface area (TPSA) is 87.7 Å². The molecule has 0 saturated carbocycles. The van der Waals surface area contributed by atoms with Crippen molar-refractivity contribution >= 4 is 40.9 Å². The molecule has 0 aliphatic rings. The molecule has 0 aliphatic heterocycles. The van der Waals surface area contributed by atoms with Crippen LogP contribution in [-0.4, -0.2) is 48.1 Å². The molecule has 7 nitrogen and oxygen atoms in total. The van der Waals surface area contributed by atoms with Crippen LogP contribution in [0.15, 0.2) is 53.4 Å². The predicted octanol–water partition coefficient (Wildman–Crippen LogP) is 3.62. The van der Waals surface area contributed by atoms with Gasteiger partial charge in [0.15, 0.2) is 0 Å². The van der Waals surface area contributed by atoms with Crippen molar-refractivity contribution in [1.82, 2.24) is 4.90 Å². The first-order valence-corrected chi connectivity index (χ1v) is 10.5. The molecule has 2 aromatic carbocycles. The molecule has 2 rings (SSSR count). The third-order valence-corrected chi connectivity index (χ3v) is 5.32. The first-order chi connectivity index (χ1) is 14.3. The van der Waals surface area contributed by atoms with Crippen LogP contribution in [0, 0.1) is 0 Å². The molecule has 2 aromatic rings. The van der Waals surface area contributed by atoms with Crippen molar-refractivity contribution in [2.75, 3.05) is 30.8 Å². The van der Waals surface area contributed by atoms with Gasteiger partial charge in [-0.3, -0.25) is 14.4 Å². The van der Waals surface area contributed by atoms with Crippen LogP contribution in [0.1, 0.15) is 20.8 Å². The lowest BCUT2D eigenvalue weighted by atomic mass is 10.3. The summed E-state index contributed by atoms with van der Waals surface area (Å²) in [5.41, 5.74) is 1.32. The molecule has 0 aromatic heterocycles. The van der Waals surface area contributed by atoms with E-state index in [0.29, 0.717) is 23.7 Å². The van der Waals surface area contributed by atoms with Gasteiger partial charge in [-0.25, -0.2) is 0 Å². The summed E-state index contributed by atoms with van der Waals surface area (Å²) in [5, 5.41) is 5.14. The Morgan fingerprint density at radius 1 is 1.07 bits per heavy atom. The molecule has 1 atom stereocenters. The number of amides is 3. The average Bonchev–Trinajstić information content (AvgIpc) is 2.72. The summed E-state index contributed by atoms with van der Waals surface area (Å²) in [7, 11) is 1.56. The molecule has 0 radical (unpaired) electrons. The number of anilines is 2. The quantitative estimate of drug-likeness (QED) is 0.595. The number of likely N-dealkylation sites (N-methyl/N-ethyl adjacent to an activating group) is 1. The van der Waals surface area contributed by atoms with Gasteiger partial charge >= 0.3 is 0 Å². The van der Waals surface area contributed by atoms with Gasteiger partial charge in [0.25, 0.3) is 0 Å². The van der Waals surface area contributed by atoms with E-state index in [-0.39, 0.29) is 29.5 Å². The van der Waals surface area contributed by atoms with Gasteiger partial charge in [0, 0.05) is 35.8 Å². The zero-order valence-electron chi connectivity index (χ0n) is 17.6. The van der Waals surface area contributed by atoms with Gasteiger partial charge in [-0.2, -0.15) is 0 Å². The second kappa shape index (κ2) is 11.3. The summed E-state index contributed by atoms with van der Waals surface area (Å²) in [6, 6.07) is 14.4. The fraction of sp³-hybridized carbons (Fsp3) is 0.318. The van der Waals surface area contributed by atoms with Crippen LogP contribution < -0.4 is 15.4 Å². The number of benzene rings is 2. The van der Waals surface area contributed by atoms with Crippen LogP contribution in [0.2, 0.25) is 0 Å². The van der Waals surface area contributed by atoms with Crippen LogP contribution in [0.5, 0.6) is 5.75 Å². The highest BCUT2D eigenvalue weighted by molar-refractivity contribution is 8.00. The largest absolute Gasteiger partial charge is 0.497 e. The molecule has 1 unspecified atom stereocenters. The van der Waals surface area contributed by atoms with Gasteiger partial charge in [-0.05, 0) is 50.2 Å². The first-order valence-electron chi connectivity index (χ1n) is 9.59. The van der Waals surface area contributed by atoms with Crippen molar-refractivity contribution in [3.63, 3.8) is 0 Å². The van der Waals surface area contributed by atoms with E-state index in [2.05, 4.69) is 10.6 Å². The molecule has 0 fully saturated rings. The fourth-order valence-corrected chi connectivity index (χ4v) is 3.70. The monoisotopic (exact) mass is 429 g/mol. The number of carbonyl (C=O) groups excluding carboxylic acids is 3. The SMILES string of the molecule is CCN(CC(=O)Nc1cccc(OC)c1)C(=O)C(C)Sc1ccc(NC(C)=O)cc1. The summed E-state index contributed by atoms with van der Waals surface area (Å²) < 4.78 is 5.15. The molecular weight excluding hydrogens is 402 g/mol.